The van der Waals surface area contributed by atoms with E-state index in [0.717, 1.165) is 43.0 Å². The molecule has 0 saturated carbocycles. The zero-order valence-corrected chi connectivity index (χ0v) is 29.6. The molecule has 0 aliphatic carbocycles. The van der Waals surface area contributed by atoms with Crippen molar-refractivity contribution in [2.45, 2.75) is 39.4 Å². The van der Waals surface area contributed by atoms with E-state index < -0.39 is 0 Å². The summed E-state index contributed by atoms with van der Waals surface area (Å²) < 4.78 is 21.0. The van der Waals surface area contributed by atoms with E-state index in [0.29, 0.717) is 65.9 Å². The second kappa shape index (κ2) is 13.9. The molecular weight excluding hydrogens is 660 g/mol. The number of morpholine rings is 1. The van der Waals surface area contributed by atoms with Gasteiger partial charge in [0.2, 0.25) is 6.79 Å². The number of phenolic OH excluding ortho intramolecular Hbond substituents is 1. The summed E-state index contributed by atoms with van der Waals surface area (Å²) >= 11 is 0. The van der Waals surface area contributed by atoms with Crippen LogP contribution < -0.4 is 14.4 Å². The molecule has 1 atom stereocenters. The molecule has 268 valence electrons. The predicted octanol–water partition coefficient (Wildman–Crippen LogP) is 5.53. The number of phenols is 1. The second-order valence-electron chi connectivity index (χ2n) is 13.5. The normalized spacial score (nSPS) is 16.9. The lowest BCUT2D eigenvalue weighted by atomic mass is 9.92. The van der Waals surface area contributed by atoms with Crippen molar-refractivity contribution in [2.24, 2.45) is 7.05 Å². The Bertz CT molecular complexity index is 2130. The van der Waals surface area contributed by atoms with E-state index in [-0.39, 0.29) is 30.4 Å². The molecule has 52 heavy (non-hydrogen) atoms. The molecule has 0 radical (unpaired) electrons. The van der Waals surface area contributed by atoms with E-state index >= 15 is 4.79 Å². The highest BCUT2D eigenvalue weighted by atomic mass is 16.7. The molecule has 12 heteroatoms. The van der Waals surface area contributed by atoms with Gasteiger partial charge in [0.1, 0.15) is 5.75 Å². The molecule has 1 fully saturated rings. The van der Waals surface area contributed by atoms with Gasteiger partial charge in [-0.1, -0.05) is 24.3 Å². The van der Waals surface area contributed by atoms with Gasteiger partial charge in [0.25, 0.3) is 11.8 Å². The summed E-state index contributed by atoms with van der Waals surface area (Å²) in [5.41, 5.74) is 6.68. The van der Waals surface area contributed by atoms with Gasteiger partial charge in [0.15, 0.2) is 11.5 Å². The number of aryl methyl sites for hydroxylation is 1. The first-order valence-electron chi connectivity index (χ1n) is 17.7. The van der Waals surface area contributed by atoms with Gasteiger partial charge >= 0.3 is 0 Å². The van der Waals surface area contributed by atoms with Crippen LogP contribution in [0.1, 0.15) is 44.5 Å². The Morgan fingerprint density at radius 1 is 0.942 bits per heavy atom. The van der Waals surface area contributed by atoms with E-state index in [9.17, 15) is 9.90 Å². The molecule has 12 nitrogen and oxygen atoms in total. The Morgan fingerprint density at radius 2 is 1.67 bits per heavy atom. The van der Waals surface area contributed by atoms with Crippen LogP contribution >= 0.6 is 0 Å². The summed E-state index contributed by atoms with van der Waals surface area (Å²) in [6, 6.07) is 20.4. The van der Waals surface area contributed by atoms with Crippen LogP contribution in [-0.2, 0) is 31.3 Å². The minimum atomic E-state index is -0.267. The fourth-order valence-corrected chi connectivity index (χ4v) is 7.68. The van der Waals surface area contributed by atoms with Crippen molar-refractivity contribution in [2.75, 3.05) is 44.5 Å². The Kier molecular flexibility index (Phi) is 8.94. The van der Waals surface area contributed by atoms with Gasteiger partial charge in [-0.3, -0.25) is 24.1 Å². The molecule has 0 spiro atoms. The van der Waals surface area contributed by atoms with E-state index in [1.54, 1.807) is 59.4 Å². The number of carbonyl (C=O) groups excluding carboxylic acids is 2. The number of rotatable bonds is 8. The van der Waals surface area contributed by atoms with Gasteiger partial charge < -0.3 is 28.8 Å². The number of ether oxygens (including phenoxy) is 3. The fraction of sp³-hybridized carbons (Fsp3) is 0.325. The standard InChI is InChI=1S/C40H42N6O6/c1-4-44-26(2)33(40(49)46(31-21-41-42(3)23-31)29-9-11-32(47)12-10-29)18-36(44)34-19-37-38(52-25-51-37)20-35(34)39(48)45-22-28-8-6-5-7-27(28)17-30(45)24-43-13-15-50-16-14-43/h5-12,18-21,23,30,47H,4,13-17,22,24-25H2,1-3H3/t30-/m0/s1. The third kappa shape index (κ3) is 6.18. The second-order valence-corrected chi connectivity index (χ2v) is 13.5. The number of nitrogens with zero attached hydrogens (tertiary/aromatic N) is 6. The van der Waals surface area contributed by atoms with Crippen molar-refractivity contribution in [1.29, 1.82) is 0 Å². The Labute approximate surface area is 302 Å². The van der Waals surface area contributed by atoms with Crippen LogP contribution in [0.5, 0.6) is 17.2 Å². The lowest BCUT2D eigenvalue weighted by Crippen LogP contribution is -2.52. The SMILES string of the molecule is CCn1c(-c2cc3c(cc2C(=O)N2Cc4ccccc4C[C@H]2CN2CCOCC2)OCO3)cc(C(=O)N(c2ccc(O)cc2)c2cnn(C)c2)c1C. The highest BCUT2D eigenvalue weighted by Crippen LogP contribution is 2.42. The molecule has 5 heterocycles. The number of hydrogen-bond donors (Lipinski definition) is 1. The van der Waals surface area contributed by atoms with Crippen LogP contribution in [0, 0.1) is 6.92 Å². The van der Waals surface area contributed by atoms with Gasteiger partial charge in [-0.05, 0) is 73.9 Å². The summed E-state index contributed by atoms with van der Waals surface area (Å²) in [5, 5.41) is 14.3. The van der Waals surface area contributed by atoms with Crippen molar-refractivity contribution in [3.63, 3.8) is 0 Å². The highest BCUT2D eigenvalue weighted by Gasteiger charge is 2.35. The lowest BCUT2D eigenvalue weighted by molar-refractivity contribution is 0.0193. The zero-order valence-electron chi connectivity index (χ0n) is 29.6. The number of anilines is 2. The van der Waals surface area contributed by atoms with Crippen molar-refractivity contribution < 1.29 is 28.9 Å². The first-order chi connectivity index (χ1) is 25.3. The molecule has 3 aliphatic heterocycles. The number of amides is 2. The van der Waals surface area contributed by atoms with E-state index in [4.69, 9.17) is 14.2 Å². The van der Waals surface area contributed by atoms with Gasteiger partial charge in [-0.25, -0.2) is 0 Å². The summed E-state index contributed by atoms with van der Waals surface area (Å²) in [7, 11) is 1.80. The quantitative estimate of drug-likeness (QED) is 0.225. The first kappa shape index (κ1) is 33.5. The summed E-state index contributed by atoms with van der Waals surface area (Å²) in [4.78, 5) is 35.7. The average Bonchev–Trinajstić information content (AvgIpc) is 3.89. The van der Waals surface area contributed by atoms with Crippen molar-refractivity contribution in [3.05, 3.63) is 107 Å². The van der Waals surface area contributed by atoms with Crippen LogP contribution in [0.4, 0.5) is 11.4 Å². The highest BCUT2D eigenvalue weighted by molar-refractivity contribution is 6.12. The smallest absolute Gasteiger partial charge is 0.264 e. The number of hydrogen-bond acceptors (Lipinski definition) is 8. The number of benzene rings is 3. The van der Waals surface area contributed by atoms with Crippen LogP contribution in [0.15, 0.2) is 79.1 Å². The predicted molar refractivity (Wildman–Crippen MR) is 195 cm³/mol. The van der Waals surface area contributed by atoms with Crippen LogP contribution in [-0.4, -0.2) is 86.8 Å². The van der Waals surface area contributed by atoms with Crippen LogP contribution in [0.2, 0.25) is 0 Å². The molecule has 3 aliphatic rings. The monoisotopic (exact) mass is 702 g/mol. The third-order valence-corrected chi connectivity index (χ3v) is 10.4. The number of carbonyl (C=O) groups is 2. The van der Waals surface area contributed by atoms with Gasteiger partial charge in [0.05, 0.1) is 36.2 Å². The maximum atomic E-state index is 15.1. The zero-order chi connectivity index (χ0) is 35.9. The van der Waals surface area contributed by atoms with Crippen LogP contribution in [0.3, 0.4) is 0 Å². The molecule has 1 saturated heterocycles. The number of aromatic nitrogens is 3. The molecular formula is C40H42N6O6. The summed E-state index contributed by atoms with van der Waals surface area (Å²) in [6.07, 6.45) is 4.16. The Morgan fingerprint density at radius 3 is 2.38 bits per heavy atom. The average molecular weight is 703 g/mol. The summed E-state index contributed by atoms with van der Waals surface area (Å²) in [5.74, 6) is 0.804. The van der Waals surface area contributed by atoms with E-state index in [2.05, 4.69) is 32.8 Å². The van der Waals surface area contributed by atoms with E-state index in [1.807, 2.05) is 36.9 Å². The summed E-state index contributed by atoms with van der Waals surface area (Å²) in [6.45, 7) is 8.82. The third-order valence-electron chi connectivity index (χ3n) is 10.4. The number of fused-ring (bicyclic) bond motifs is 2. The van der Waals surface area contributed by atoms with Gasteiger partial charge in [-0.15, -0.1) is 0 Å². The maximum absolute atomic E-state index is 15.1. The molecule has 2 aromatic heterocycles. The van der Waals surface area contributed by atoms with E-state index in [1.165, 1.54) is 5.56 Å². The molecule has 0 unspecified atom stereocenters. The molecule has 0 bridgehead atoms. The molecule has 1 N–H and O–H groups in total. The van der Waals surface area contributed by atoms with Crippen molar-refractivity contribution in [3.8, 4) is 28.5 Å². The van der Waals surface area contributed by atoms with Crippen LogP contribution in [0.25, 0.3) is 11.3 Å². The minimum Gasteiger partial charge on any atom is -0.508 e. The molecule has 5 aromatic rings. The molecule has 2 amide bonds. The van der Waals surface area contributed by atoms with Crippen molar-refractivity contribution >= 4 is 23.2 Å². The number of aromatic hydroxyl groups is 1. The molecule has 8 rings (SSSR count). The largest absolute Gasteiger partial charge is 0.508 e. The molecule has 3 aromatic carbocycles. The van der Waals surface area contributed by atoms with Crippen molar-refractivity contribution in [1.82, 2.24) is 24.1 Å². The Hall–Kier alpha value is -5.59. The fourth-order valence-electron chi connectivity index (χ4n) is 7.68. The maximum Gasteiger partial charge on any atom is 0.264 e. The Balaban J connectivity index is 1.22. The van der Waals surface area contributed by atoms with Gasteiger partial charge in [0, 0.05) is 74.6 Å². The minimum absolute atomic E-state index is 0.0473. The van der Waals surface area contributed by atoms with Gasteiger partial charge in [-0.2, -0.15) is 5.10 Å². The first-order valence-corrected chi connectivity index (χ1v) is 17.7. The lowest BCUT2D eigenvalue weighted by Gasteiger charge is -2.40. The topological polar surface area (TPSA) is 115 Å².